The van der Waals surface area contributed by atoms with Gasteiger partial charge in [0.1, 0.15) is 0 Å². The minimum Gasteiger partial charge on any atom is -0.444 e. The summed E-state index contributed by atoms with van der Waals surface area (Å²) in [5.74, 6) is 0.821. The normalized spacial score (nSPS) is 12.7. The van der Waals surface area contributed by atoms with Crippen LogP contribution >= 0.6 is 0 Å². The van der Waals surface area contributed by atoms with Crippen LogP contribution in [-0.2, 0) is 5.41 Å². The first-order chi connectivity index (χ1) is 8.32. The summed E-state index contributed by atoms with van der Waals surface area (Å²) in [6.45, 7) is 11.4. The molecule has 0 N–H and O–H groups in total. The van der Waals surface area contributed by atoms with E-state index in [4.69, 9.17) is 4.42 Å². The van der Waals surface area contributed by atoms with Crippen molar-refractivity contribution in [1.29, 1.82) is 0 Å². The lowest BCUT2D eigenvalue weighted by atomic mass is 9.65. The number of hydrogen-bond donors (Lipinski definition) is 0. The van der Waals surface area contributed by atoms with Gasteiger partial charge in [-0.1, -0.05) is 52.8 Å². The Bertz CT molecular complexity index is 518. The lowest BCUT2D eigenvalue weighted by Gasteiger charge is -2.39. The highest BCUT2D eigenvalue weighted by Crippen LogP contribution is 2.41. The second-order valence-electron chi connectivity index (χ2n) is 6.32. The lowest BCUT2D eigenvalue weighted by Crippen LogP contribution is -2.33. The minimum absolute atomic E-state index is 0.100. The minimum atomic E-state index is 0.100. The highest BCUT2D eigenvalue weighted by molar-refractivity contribution is 5.58. The van der Waals surface area contributed by atoms with E-state index in [0.717, 1.165) is 11.3 Å². The third kappa shape index (κ3) is 2.20. The molecule has 2 aromatic rings. The van der Waals surface area contributed by atoms with Crippen molar-refractivity contribution >= 4 is 0 Å². The summed E-state index contributed by atoms with van der Waals surface area (Å²) in [4.78, 5) is 3.97. The molecule has 96 valence electrons. The zero-order valence-corrected chi connectivity index (χ0v) is 11.8. The second kappa shape index (κ2) is 4.27. The predicted octanol–water partition coefficient (Wildman–Crippen LogP) is 4.67. The fraction of sp³-hybridized carbons (Fsp3) is 0.438. The van der Waals surface area contributed by atoms with Crippen molar-refractivity contribution in [1.82, 2.24) is 4.98 Å². The summed E-state index contributed by atoms with van der Waals surface area (Å²) < 4.78 is 5.36. The van der Waals surface area contributed by atoms with Crippen molar-refractivity contribution in [2.75, 3.05) is 0 Å². The highest BCUT2D eigenvalue weighted by Gasteiger charge is 2.34. The van der Waals surface area contributed by atoms with Crippen LogP contribution in [0.3, 0.4) is 0 Å². The second-order valence-corrected chi connectivity index (χ2v) is 6.32. The van der Waals surface area contributed by atoms with E-state index in [2.05, 4.69) is 63.9 Å². The molecule has 0 unspecified atom stereocenters. The Hall–Kier alpha value is -1.57. The predicted molar refractivity (Wildman–Crippen MR) is 74.4 cm³/mol. The van der Waals surface area contributed by atoms with Gasteiger partial charge in [-0.05, 0) is 22.5 Å². The molecule has 0 amide bonds. The van der Waals surface area contributed by atoms with Crippen LogP contribution in [0.5, 0.6) is 0 Å². The average molecular weight is 243 g/mol. The Balaban J connectivity index is 2.46. The van der Waals surface area contributed by atoms with Gasteiger partial charge < -0.3 is 4.42 Å². The van der Waals surface area contributed by atoms with Gasteiger partial charge in [-0.3, -0.25) is 0 Å². The smallest absolute Gasteiger partial charge is 0.181 e. The third-order valence-electron chi connectivity index (χ3n) is 4.18. The van der Waals surface area contributed by atoms with Crippen LogP contribution in [0.4, 0.5) is 0 Å². The Morgan fingerprint density at radius 2 is 1.78 bits per heavy atom. The van der Waals surface area contributed by atoms with Crippen molar-refractivity contribution in [3.05, 3.63) is 42.4 Å². The van der Waals surface area contributed by atoms with Gasteiger partial charge in [-0.2, -0.15) is 0 Å². The maximum Gasteiger partial charge on any atom is 0.181 e. The fourth-order valence-electron chi connectivity index (χ4n) is 1.85. The van der Waals surface area contributed by atoms with Crippen molar-refractivity contribution in [2.24, 2.45) is 5.41 Å². The summed E-state index contributed by atoms with van der Waals surface area (Å²) in [6, 6.07) is 8.53. The van der Waals surface area contributed by atoms with Crippen LogP contribution in [-0.4, -0.2) is 4.98 Å². The topological polar surface area (TPSA) is 26.0 Å². The number of oxazole rings is 1. The summed E-state index contributed by atoms with van der Waals surface area (Å²) in [6.07, 6.45) is 3.22. The zero-order chi connectivity index (χ0) is 13.4. The van der Waals surface area contributed by atoms with Crippen molar-refractivity contribution in [3.63, 3.8) is 0 Å². The van der Waals surface area contributed by atoms with Gasteiger partial charge in [-0.15, -0.1) is 0 Å². The summed E-state index contributed by atoms with van der Waals surface area (Å²) in [7, 11) is 0. The first kappa shape index (κ1) is 12.9. The molecule has 2 rings (SSSR count). The van der Waals surface area contributed by atoms with E-state index in [9.17, 15) is 0 Å². The van der Waals surface area contributed by atoms with Crippen LogP contribution < -0.4 is 0 Å². The molecule has 0 aliphatic rings. The van der Waals surface area contributed by atoms with E-state index in [-0.39, 0.29) is 10.8 Å². The first-order valence-electron chi connectivity index (χ1n) is 6.32. The molecule has 0 fully saturated rings. The molecule has 0 aliphatic heterocycles. The van der Waals surface area contributed by atoms with Crippen molar-refractivity contribution in [3.8, 4) is 11.3 Å². The van der Waals surface area contributed by atoms with Crippen LogP contribution in [0.2, 0.25) is 0 Å². The molecule has 18 heavy (non-hydrogen) atoms. The third-order valence-corrected chi connectivity index (χ3v) is 4.18. The van der Waals surface area contributed by atoms with E-state index in [1.807, 2.05) is 0 Å². The standard InChI is InChI=1S/C16H21NO/c1-15(2,3)16(4,5)13-8-6-7-12(9-13)14-10-17-11-18-14/h6-11H,1-5H3. The molecule has 1 aromatic heterocycles. The number of rotatable bonds is 2. The molecule has 0 saturated heterocycles. The fourth-order valence-corrected chi connectivity index (χ4v) is 1.85. The Kier molecular flexibility index (Phi) is 3.05. The summed E-state index contributed by atoms with van der Waals surface area (Å²) >= 11 is 0. The number of benzene rings is 1. The van der Waals surface area contributed by atoms with Crippen LogP contribution in [0.25, 0.3) is 11.3 Å². The van der Waals surface area contributed by atoms with Gasteiger partial charge in [0.05, 0.1) is 6.20 Å². The van der Waals surface area contributed by atoms with E-state index in [1.54, 1.807) is 6.20 Å². The molecule has 0 spiro atoms. The monoisotopic (exact) mass is 243 g/mol. The molecule has 0 saturated carbocycles. The first-order valence-corrected chi connectivity index (χ1v) is 6.32. The van der Waals surface area contributed by atoms with Crippen LogP contribution in [0.1, 0.15) is 40.2 Å². The molecule has 0 aliphatic carbocycles. The SMILES string of the molecule is CC(C)(C)C(C)(C)c1cccc(-c2cnco2)c1. The maximum atomic E-state index is 5.36. The molecule has 1 heterocycles. The molecule has 0 atom stereocenters. The Labute approximate surface area is 109 Å². The number of nitrogens with zero attached hydrogens (tertiary/aromatic N) is 1. The number of hydrogen-bond acceptors (Lipinski definition) is 2. The summed E-state index contributed by atoms with van der Waals surface area (Å²) in [5, 5.41) is 0. The number of aromatic nitrogens is 1. The van der Waals surface area contributed by atoms with Crippen LogP contribution in [0.15, 0.2) is 41.3 Å². The van der Waals surface area contributed by atoms with Gasteiger partial charge in [0.25, 0.3) is 0 Å². The van der Waals surface area contributed by atoms with Crippen molar-refractivity contribution in [2.45, 2.75) is 40.0 Å². The molecule has 0 radical (unpaired) electrons. The molecular formula is C16H21NO. The molecule has 2 nitrogen and oxygen atoms in total. The van der Waals surface area contributed by atoms with Crippen molar-refractivity contribution < 1.29 is 4.42 Å². The molecule has 0 bridgehead atoms. The van der Waals surface area contributed by atoms with E-state index >= 15 is 0 Å². The largest absolute Gasteiger partial charge is 0.444 e. The Morgan fingerprint density at radius 1 is 1.06 bits per heavy atom. The van der Waals surface area contributed by atoms with Crippen LogP contribution in [0, 0.1) is 5.41 Å². The lowest BCUT2D eigenvalue weighted by molar-refractivity contribution is 0.225. The van der Waals surface area contributed by atoms with Gasteiger partial charge in [0.2, 0.25) is 0 Å². The highest BCUT2D eigenvalue weighted by atomic mass is 16.3. The van der Waals surface area contributed by atoms with E-state index in [1.165, 1.54) is 12.0 Å². The quantitative estimate of drug-likeness (QED) is 0.766. The average Bonchev–Trinajstić information content (AvgIpc) is 2.81. The molecular weight excluding hydrogens is 222 g/mol. The van der Waals surface area contributed by atoms with Gasteiger partial charge in [0.15, 0.2) is 12.2 Å². The van der Waals surface area contributed by atoms with E-state index < -0.39 is 0 Å². The Morgan fingerprint density at radius 3 is 2.33 bits per heavy atom. The van der Waals surface area contributed by atoms with E-state index in [0.29, 0.717) is 0 Å². The molecule has 2 heteroatoms. The van der Waals surface area contributed by atoms with Gasteiger partial charge in [0, 0.05) is 5.56 Å². The molecule has 1 aromatic carbocycles. The van der Waals surface area contributed by atoms with Gasteiger partial charge in [-0.25, -0.2) is 4.98 Å². The zero-order valence-electron chi connectivity index (χ0n) is 11.8. The van der Waals surface area contributed by atoms with Gasteiger partial charge >= 0.3 is 0 Å². The summed E-state index contributed by atoms with van der Waals surface area (Å²) in [5.41, 5.74) is 2.71. The maximum absolute atomic E-state index is 5.36.